The van der Waals surface area contributed by atoms with Gasteiger partial charge in [-0.05, 0) is 25.1 Å². The summed E-state index contributed by atoms with van der Waals surface area (Å²) >= 11 is 5.83. The van der Waals surface area contributed by atoms with E-state index in [0.29, 0.717) is 5.02 Å². The third kappa shape index (κ3) is 1.53. The van der Waals surface area contributed by atoms with Crippen molar-refractivity contribution < 1.29 is 0 Å². The summed E-state index contributed by atoms with van der Waals surface area (Å²) in [4.78, 5) is 7.43. The molecule has 1 heterocycles. The predicted molar refractivity (Wildman–Crippen MR) is 53.7 cm³/mol. The summed E-state index contributed by atoms with van der Waals surface area (Å²) < 4.78 is 0. The van der Waals surface area contributed by atoms with Crippen LogP contribution in [0.2, 0.25) is 5.02 Å². The fraction of sp³-hybridized carbons (Fsp3) is 0.222. The summed E-state index contributed by atoms with van der Waals surface area (Å²) in [5.41, 5.74) is 7.52. The van der Waals surface area contributed by atoms with E-state index in [4.69, 9.17) is 17.3 Å². The van der Waals surface area contributed by atoms with Crippen LogP contribution in [0, 0.1) is 0 Å². The maximum Gasteiger partial charge on any atom is 0.123 e. The van der Waals surface area contributed by atoms with E-state index in [9.17, 15) is 0 Å². The molecule has 2 aromatic rings. The number of aromatic nitrogens is 2. The van der Waals surface area contributed by atoms with Crippen molar-refractivity contribution in [1.29, 1.82) is 0 Å². The monoisotopic (exact) mass is 195 g/mol. The maximum atomic E-state index is 5.83. The Morgan fingerprint density at radius 2 is 2.31 bits per heavy atom. The Bertz CT molecular complexity index is 433. The van der Waals surface area contributed by atoms with Gasteiger partial charge in [0, 0.05) is 5.02 Å². The van der Waals surface area contributed by atoms with Gasteiger partial charge in [-0.3, -0.25) is 0 Å². The molecule has 0 amide bonds. The smallest absolute Gasteiger partial charge is 0.123 e. The molecular formula is C9H10ClN3. The van der Waals surface area contributed by atoms with E-state index in [0.717, 1.165) is 16.9 Å². The van der Waals surface area contributed by atoms with Crippen molar-refractivity contribution >= 4 is 22.6 Å². The number of hydrogen-bond acceptors (Lipinski definition) is 2. The van der Waals surface area contributed by atoms with E-state index >= 15 is 0 Å². The zero-order chi connectivity index (χ0) is 9.42. The zero-order valence-electron chi connectivity index (χ0n) is 7.21. The van der Waals surface area contributed by atoms with Gasteiger partial charge < -0.3 is 10.7 Å². The van der Waals surface area contributed by atoms with Crippen LogP contribution in [0.5, 0.6) is 0 Å². The molecule has 0 fully saturated rings. The fourth-order valence-electron chi connectivity index (χ4n) is 1.22. The standard InChI is InChI=1S/C9H10ClN3/c1-5(11)9-12-7-3-2-6(10)4-8(7)13-9/h2-5H,11H2,1H3,(H,12,13)/t5-/m1/s1. The Hall–Kier alpha value is -1.06. The lowest BCUT2D eigenvalue weighted by molar-refractivity contribution is 0.760. The lowest BCUT2D eigenvalue weighted by atomic mass is 10.3. The minimum atomic E-state index is -0.0776. The topological polar surface area (TPSA) is 54.7 Å². The molecule has 1 aromatic carbocycles. The highest BCUT2D eigenvalue weighted by Gasteiger charge is 2.05. The lowest BCUT2D eigenvalue weighted by Gasteiger charge is -1.96. The summed E-state index contributed by atoms with van der Waals surface area (Å²) in [6, 6.07) is 5.46. The zero-order valence-corrected chi connectivity index (χ0v) is 7.97. The number of halogens is 1. The summed E-state index contributed by atoms with van der Waals surface area (Å²) in [5, 5.41) is 0.701. The number of nitrogens with one attached hydrogen (secondary N) is 1. The second kappa shape index (κ2) is 3.01. The molecule has 0 aliphatic heterocycles. The molecule has 3 N–H and O–H groups in total. The minimum Gasteiger partial charge on any atom is -0.341 e. The molecule has 2 rings (SSSR count). The van der Waals surface area contributed by atoms with Crippen molar-refractivity contribution in [3.05, 3.63) is 29.0 Å². The van der Waals surface area contributed by atoms with Crippen LogP contribution in [0.15, 0.2) is 18.2 Å². The molecule has 0 saturated heterocycles. The quantitative estimate of drug-likeness (QED) is 0.733. The first-order chi connectivity index (χ1) is 6.16. The first-order valence-corrected chi connectivity index (χ1v) is 4.45. The molecule has 4 heteroatoms. The molecule has 0 unspecified atom stereocenters. The van der Waals surface area contributed by atoms with Gasteiger partial charge in [0.2, 0.25) is 0 Å². The van der Waals surface area contributed by atoms with E-state index in [1.165, 1.54) is 0 Å². The van der Waals surface area contributed by atoms with E-state index in [1.54, 1.807) is 0 Å². The fourth-order valence-corrected chi connectivity index (χ4v) is 1.39. The van der Waals surface area contributed by atoms with Crippen molar-refractivity contribution in [2.24, 2.45) is 5.73 Å². The average Bonchev–Trinajstić information content (AvgIpc) is 2.46. The Labute approximate surface area is 80.9 Å². The molecule has 13 heavy (non-hydrogen) atoms. The van der Waals surface area contributed by atoms with Gasteiger partial charge in [0.25, 0.3) is 0 Å². The van der Waals surface area contributed by atoms with Gasteiger partial charge in [0.05, 0.1) is 17.1 Å². The van der Waals surface area contributed by atoms with E-state index in [1.807, 2.05) is 25.1 Å². The largest absolute Gasteiger partial charge is 0.341 e. The molecular weight excluding hydrogens is 186 g/mol. The molecule has 1 aromatic heterocycles. The lowest BCUT2D eigenvalue weighted by Crippen LogP contribution is -2.06. The Kier molecular flexibility index (Phi) is 1.98. The molecule has 0 bridgehead atoms. The number of fused-ring (bicyclic) bond motifs is 1. The maximum absolute atomic E-state index is 5.83. The number of benzene rings is 1. The van der Waals surface area contributed by atoms with E-state index < -0.39 is 0 Å². The number of imidazole rings is 1. The van der Waals surface area contributed by atoms with Crippen LogP contribution < -0.4 is 5.73 Å². The van der Waals surface area contributed by atoms with Crippen LogP contribution in [-0.4, -0.2) is 9.97 Å². The molecule has 68 valence electrons. The van der Waals surface area contributed by atoms with Crippen LogP contribution in [0.1, 0.15) is 18.8 Å². The minimum absolute atomic E-state index is 0.0776. The molecule has 3 nitrogen and oxygen atoms in total. The van der Waals surface area contributed by atoms with Gasteiger partial charge >= 0.3 is 0 Å². The predicted octanol–water partition coefficient (Wildman–Crippen LogP) is 2.24. The Morgan fingerprint density at radius 1 is 1.54 bits per heavy atom. The molecule has 0 spiro atoms. The number of rotatable bonds is 1. The molecule has 1 atom stereocenters. The van der Waals surface area contributed by atoms with Gasteiger partial charge in [-0.2, -0.15) is 0 Å². The number of aromatic amines is 1. The first-order valence-electron chi connectivity index (χ1n) is 4.07. The third-order valence-electron chi connectivity index (χ3n) is 1.89. The van der Waals surface area contributed by atoms with E-state index in [2.05, 4.69) is 9.97 Å². The highest BCUT2D eigenvalue weighted by Crippen LogP contribution is 2.18. The normalized spacial score (nSPS) is 13.5. The second-order valence-corrected chi connectivity index (χ2v) is 3.51. The number of nitrogens with zero attached hydrogens (tertiary/aromatic N) is 1. The van der Waals surface area contributed by atoms with Crippen molar-refractivity contribution in [1.82, 2.24) is 9.97 Å². The highest BCUT2D eigenvalue weighted by molar-refractivity contribution is 6.31. The van der Waals surface area contributed by atoms with Crippen LogP contribution in [0.4, 0.5) is 0 Å². The van der Waals surface area contributed by atoms with Crippen LogP contribution in [0.3, 0.4) is 0 Å². The number of nitrogens with two attached hydrogens (primary N) is 1. The van der Waals surface area contributed by atoms with Crippen molar-refractivity contribution in [2.45, 2.75) is 13.0 Å². The Morgan fingerprint density at radius 3 is 3.00 bits per heavy atom. The van der Waals surface area contributed by atoms with Gasteiger partial charge in [-0.1, -0.05) is 11.6 Å². The second-order valence-electron chi connectivity index (χ2n) is 3.07. The molecule has 0 aliphatic carbocycles. The van der Waals surface area contributed by atoms with Crippen molar-refractivity contribution in [3.8, 4) is 0 Å². The van der Waals surface area contributed by atoms with Gasteiger partial charge in [-0.25, -0.2) is 4.98 Å². The summed E-state index contributed by atoms with van der Waals surface area (Å²) in [5.74, 6) is 0.789. The van der Waals surface area contributed by atoms with Crippen LogP contribution >= 0.6 is 11.6 Å². The highest BCUT2D eigenvalue weighted by atomic mass is 35.5. The van der Waals surface area contributed by atoms with Gasteiger partial charge in [0.15, 0.2) is 0 Å². The van der Waals surface area contributed by atoms with Gasteiger partial charge in [0.1, 0.15) is 5.82 Å². The average molecular weight is 196 g/mol. The Balaban J connectivity index is 2.62. The number of hydrogen-bond donors (Lipinski definition) is 2. The summed E-state index contributed by atoms with van der Waals surface area (Å²) in [7, 11) is 0. The van der Waals surface area contributed by atoms with Crippen LogP contribution in [0.25, 0.3) is 11.0 Å². The third-order valence-corrected chi connectivity index (χ3v) is 2.13. The van der Waals surface area contributed by atoms with E-state index in [-0.39, 0.29) is 6.04 Å². The van der Waals surface area contributed by atoms with Crippen molar-refractivity contribution in [2.75, 3.05) is 0 Å². The number of H-pyrrole nitrogens is 1. The van der Waals surface area contributed by atoms with Crippen molar-refractivity contribution in [3.63, 3.8) is 0 Å². The van der Waals surface area contributed by atoms with Crippen LogP contribution in [-0.2, 0) is 0 Å². The van der Waals surface area contributed by atoms with Gasteiger partial charge in [-0.15, -0.1) is 0 Å². The summed E-state index contributed by atoms with van der Waals surface area (Å²) in [6.45, 7) is 1.89. The molecule has 0 radical (unpaired) electrons. The summed E-state index contributed by atoms with van der Waals surface area (Å²) in [6.07, 6.45) is 0. The first kappa shape index (κ1) is 8.53. The SMILES string of the molecule is C[C@@H](N)c1nc2ccc(Cl)cc2[nH]1. The molecule has 0 aliphatic rings. The molecule has 0 saturated carbocycles.